The van der Waals surface area contributed by atoms with E-state index in [0.717, 1.165) is 4.47 Å². The highest BCUT2D eigenvalue weighted by Crippen LogP contribution is 2.28. The van der Waals surface area contributed by atoms with Crippen molar-refractivity contribution in [1.29, 1.82) is 0 Å². The molecule has 5 nitrogen and oxygen atoms in total. The molecule has 18 heavy (non-hydrogen) atoms. The van der Waals surface area contributed by atoms with Crippen LogP contribution >= 0.6 is 15.9 Å². The molecular weight excluding hydrogens is 298 g/mol. The lowest BCUT2D eigenvalue weighted by molar-refractivity contribution is -0.118. The predicted molar refractivity (Wildman–Crippen MR) is 70.0 cm³/mol. The summed E-state index contributed by atoms with van der Waals surface area (Å²) in [5.41, 5.74) is 6.21. The summed E-state index contributed by atoms with van der Waals surface area (Å²) >= 11 is 3.37. The average Bonchev–Trinajstić information content (AvgIpc) is 2.34. The minimum absolute atomic E-state index is 0.325. The quantitative estimate of drug-likeness (QED) is 0.891. The molecule has 0 saturated heterocycles. The van der Waals surface area contributed by atoms with Crippen molar-refractivity contribution in [2.75, 3.05) is 0 Å². The third kappa shape index (κ3) is 2.48. The summed E-state index contributed by atoms with van der Waals surface area (Å²) in [6.45, 7) is 0. The van der Waals surface area contributed by atoms with Crippen LogP contribution in [0.3, 0.4) is 0 Å². The lowest BCUT2D eigenvalue weighted by atomic mass is 9.95. The summed E-state index contributed by atoms with van der Waals surface area (Å²) in [4.78, 5) is 22.6. The van der Waals surface area contributed by atoms with Gasteiger partial charge in [0.1, 0.15) is 5.92 Å². The lowest BCUT2D eigenvalue weighted by Crippen LogP contribution is -2.25. The van der Waals surface area contributed by atoms with Gasteiger partial charge in [-0.1, -0.05) is 34.1 Å². The molecule has 0 aliphatic carbocycles. The number of hydrogen-bond donors (Lipinski definition) is 2. The fourth-order valence-electron chi connectivity index (χ4n) is 1.68. The number of nitrogens with zero attached hydrogens (tertiary/aromatic N) is 1. The summed E-state index contributed by atoms with van der Waals surface area (Å²) in [5, 5.41) is 6.15. The minimum atomic E-state index is -0.697. The zero-order valence-corrected chi connectivity index (χ0v) is 10.8. The van der Waals surface area contributed by atoms with Crippen LogP contribution in [0.25, 0.3) is 0 Å². The van der Waals surface area contributed by atoms with Gasteiger partial charge in [0.2, 0.25) is 5.91 Å². The van der Waals surface area contributed by atoms with Gasteiger partial charge in [-0.05, 0) is 17.7 Å². The molecule has 0 radical (unpaired) electrons. The van der Waals surface area contributed by atoms with Gasteiger partial charge in [-0.2, -0.15) is 5.10 Å². The molecule has 2 rings (SSSR count). The molecular formula is C12H10BrN3O2. The molecule has 0 aliphatic heterocycles. The second-order valence-corrected chi connectivity index (χ2v) is 4.56. The Morgan fingerprint density at radius 1 is 1.28 bits per heavy atom. The van der Waals surface area contributed by atoms with Crippen LogP contribution in [-0.2, 0) is 4.79 Å². The first-order valence-corrected chi connectivity index (χ1v) is 5.98. The number of aromatic amines is 1. The Kier molecular flexibility index (Phi) is 3.57. The monoisotopic (exact) mass is 307 g/mol. The number of halogens is 1. The maximum Gasteiger partial charge on any atom is 0.264 e. The van der Waals surface area contributed by atoms with Crippen LogP contribution in [-0.4, -0.2) is 16.1 Å². The molecule has 0 saturated carbocycles. The maximum absolute atomic E-state index is 11.6. The zero-order chi connectivity index (χ0) is 13.1. The van der Waals surface area contributed by atoms with E-state index in [1.807, 2.05) is 18.2 Å². The summed E-state index contributed by atoms with van der Waals surface area (Å²) in [7, 11) is 0. The van der Waals surface area contributed by atoms with Crippen molar-refractivity contribution in [3.63, 3.8) is 0 Å². The topological polar surface area (TPSA) is 88.8 Å². The maximum atomic E-state index is 11.6. The number of carbonyl (C=O) groups is 1. The SMILES string of the molecule is NC(=O)C(c1ccc(=O)[nH]n1)c1ccccc1Br. The fourth-order valence-corrected chi connectivity index (χ4v) is 2.20. The first-order valence-electron chi connectivity index (χ1n) is 5.19. The molecule has 0 fully saturated rings. The second-order valence-electron chi connectivity index (χ2n) is 3.70. The second kappa shape index (κ2) is 5.14. The molecule has 0 bridgehead atoms. The number of hydrogen-bond acceptors (Lipinski definition) is 3. The Labute approximate surface area is 111 Å². The number of amides is 1. The lowest BCUT2D eigenvalue weighted by Gasteiger charge is -2.14. The first-order chi connectivity index (χ1) is 8.59. The molecule has 1 atom stereocenters. The summed E-state index contributed by atoms with van der Waals surface area (Å²) in [5.74, 6) is -1.22. The van der Waals surface area contributed by atoms with E-state index < -0.39 is 11.8 Å². The van der Waals surface area contributed by atoms with Gasteiger partial charge in [-0.25, -0.2) is 5.10 Å². The summed E-state index contributed by atoms with van der Waals surface area (Å²) in [6.07, 6.45) is 0. The van der Waals surface area contributed by atoms with E-state index in [0.29, 0.717) is 11.3 Å². The Morgan fingerprint density at radius 3 is 2.56 bits per heavy atom. The number of benzene rings is 1. The van der Waals surface area contributed by atoms with E-state index in [4.69, 9.17) is 5.73 Å². The van der Waals surface area contributed by atoms with Crippen molar-refractivity contribution in [3.8, 4) is 0 Å². The number of nitrogens with two attached hydrogens (primary N) is 1. The molecule has 1 unspecified atom stereocenters. The molecule has 2 aromatic rings. The van der Waals surface area contributed by atoms with Crippen molar-refractivity contribution in [3.05, 3.63) is 62.5 Å². The van der Waals surface area contributed by atoms with Crippen molar-refractivity contribution in [2.24, 2.45) is 5.73 Å². The summed E-state index contributed by atoms with van der Waals surface area (Å²) < 4.78 is 0.766. The van der Waals surface area contributed by atoms with E-state index >= 15 is 0 Å². The molecule has 6 heteroatoms. The van der Waals surface area contributed by atoms with Crippen LogP contribution < -0.4 is 11.3 Å². The Hall–Kier alpha value is -1.95. The molecule has 0 aliphatic rings. The van der Waals surface area contributed by atoms with Gasteiger partial charge in [0.15, 0.2) is 0 Å². The van der Waals surface area contributed by atoms with Crippen LogP contribution in [0, 0.1) is 0 Å². The van der Waals surface area contributed by atoms with Gasteiger partial charge in [-0.3, -0.25) is 9.59 Å². The zero-order valence-electron chi connectivity index (χ0n) is 9.26. The highest BCUT2D eigenvalue weighted by atomic mass is 79.9. The third-order valence-corrected chi connectivity index (χ3v) is 3.22. The largest absolute Gasteiger partial charge is 0.369 e. The predicted octanol–water partition coefficient (Wildman–Crippen LogP) is 1.15. The van der Waals surface area contributed by atoms with Gasteiger partial charge < -0.3 is 5.73 Å². The van der Waals surface area contributed by atoms with Crippen molar-refractivity contribution in [1.82, 2.24) is 10.2 Å². The van der Waals surface area contributed by atoms with E-state index in [1.165, 1.54) is 12.1 Å². The molecule has 3 N–H and O–H groups in total. The van der Waals surface area contributed by atoms with Crippen LogP contribution in [0.2, 0.25) is 0 Å². The van der Waals surface area contributed by atoms with Crippen LogP contribution in [0.1, 0.15) is 17.2 Å². The number of rotatable bonds is 3. The first kappa shape index (κ1) is 12.5. The third-order valence-electron chi connectivity index (χ3n) is 2.50. The number of primary amides is 1. The molecule has 0 spiro atoms. The number of aromatic nitrogens is 2. The Bertz CT molecular complexity index is 619. The molecule has 1 heterocycles. The smallest absolute Gasteiger partial charge is 0.264 e. The highest BCUT2D eigenvalue weighted by molar-refractivity contribution is 9.10. The normalized spacial score (nSPS) is 12.1. The standard InChI is InChI=1S/C12H10BrN3O2/c13-8-4-2-1-3-7(8)11(12(14)18)9-5-6-10(17)16-15-9/h1-6,11H,(H2,14,18)(H,16,17). The van der Waals surface area contributed by atoms with E-state index in [-0.39, 0.29) is 5.56 Å². The molecule has 92 valence electrons. The summed E-state index contributed by atoms with van der Waals surface area (Å²) in [6, 6.07) is 10.1. The van der Waals surface area contributed by atoms with E-state index in [9.17, 15) is 9.59 Å². The minimum Gasteiger partial charge on any atom is -0.369 e. The van der Waals surface area contributed by atoms with Crippen molar-refractivity contribution in [2.45, 2.75) is 5.92 Å². The van der Waals surface area contributed by atoms with Gasteiger partial charge in [-0.15, -0.1) is 0 Å². The van der Waals surface area contributed by atoms with Gasteiger partial charge >= 0.3 is 0 Å². The number of nitrogens with one attached hydrogen (secondary N) is 1. The van der Waals surface area contributed by atoms with E-state index in [2.05, 4.69) is 26.1 Å². The number of H-pyrrole nitrogens is 1. The highest BCUT2D eigenvalue weighted by Gasteiger charge is 2.23. The van der Waals surface area contributed by atoms with Crippen LogP contribution in [0.5, 0.6) is 0 Å². The molecule has 1 aromatic carbocycles. The number of carbonyl (C=O) groups excluding carboxylic acids is 1. The van der Waals surface area contributed by atoms with Gasteiger partial charge in [0.05, 0.1) is 5.69 Å². The van der Waals surface area contributed by atoms with Gasteiger partial charge in [0, 0.05) is 10.5 Å². The van der Waals surface area contributed by atoms with Crippen molar-refractivity contribution >= 4 is 21.8 Å². The molecule has 1 amide bonds. The Morgan fingerprint density at radius 2 is 2.00 bits per heavy atom. The van der Waals surface area contributed by atoms with Crippen molar-refractivity contribution < 1.29 is 4.79 Å². The Balaban J connectivity index is 2.53. The fraction of sp³-hybridized carbons (Fsp3) is 0.0833. The van der Waals surface area contributed by atoms with Gasteiger partial charge in [0.25, 0.3) is 5.56 Å². The average molecular weight is 308 g/mol. The van der Waals surface area contributed by atoms with E-state index in [1.54, 1.807) is 6.07 Å². The van der Waals surface area contributed by atoms with Crippen LogP contribution in [0.4, 0.5) is 0 Å². The van der Waals surface area contributed by atoms with Crippen LogP contribution in [0.15, 0.2) is 45.7 Å². The molecule has 1 aromatic heterocycles.